The van der Waals surface area contributed by atoms with Crippen molar-refractivity contribution < 1.29 is 42.6 Å². The number of ether oxygens (including phenoxy) is 1. The number of alkyl halides is 3. The summed E-state index contributed by atoms with van der Waals surface area (Å²) in [5.41, 5.74) is 3.69. The number of rotatable bonds is 6. The van der Waals surface area contributed by atoms with Gasteiger partial charge in [0, 0.05) is 18.1 Å². The zero-order chi connectivity index (χ0) is 28.1. The maximum Gasteiger partial charge on any atom is 0.490 e. The van der Waals surface area contributed by atoms with Crippen LogP contribution >= 0.6 is 0 Å². The first kappa shape index (κ1) is 28.4. The highest BCUT2D eigenvalue weighted by Crippen LogP contribution is 2.36. The first-order valence-corrected chi connectivity index (χ1v) is 11.5. The summed E-state index contributed by atoms with van der Waals surface area (Å²) < 4.78 is 37.8. The third kappa shape index (κ3) is 6.20. The number of nitrogens with one attached hydrogen (secondary N) is 1. The van der Waals surface area contributed by atoms with Crippen LogP contribution in [-0.2, 0) is 26.4 Å². The van der Waals surface area contributed by atoms with E-state index in [0.717, 1.165) is 27.8 Å². The molecule has 1 aliphatic rings. The molecule has 9 nitrogen and oxygen atoms in total. The van der Waals surface area contributed by atoms with E-state index in [0.29, 0.717) is 19.6 Å². The fourth-order valence-electron chi connectivity index (χ4n) is 4.07. The van der Waals surface area contributed by atoms with Gasteiger partial charge >= 0.3 is 12.1 Å². The number of carboxylic acids is 1. The Kier molecular flexibility index (Phi) is 8.56. The van der Waals surface area contributed by atoms with Gasteiger partial charge in [-0.25, -0.2) is 10.3 Å². The van der Waals surface area contributed by atoms with E-state index in [2.05, 4.69) is 4.98 Å². The number of hydrogen-bond acceptors (Lipinski definition) is 6. The predicted octanol–water partition coefficient (Wildman–Crippen LogP) is 3.83. The highest BCUT2D eigenvalue weighted by Gasteiger charge is 2.46. The lowest BCUT2D eigenvalue weighted by Crippen LogP contribution is -2.47. The fraction of sp³-hybridized carbons (Fsp3) is 0.308. The number of amides is 2. The van der Waals surface area contributed by atoms with Crippen LogP contribution in [0, 0.1) is 0 Å². The maximum atomic E-state index is 13.0. The lowest BCUT2D eigenvalue weighted by Gasteiger charge is -2.27. The number of carbonyl (C=O) groups is 3. The first-order chi connectivity index (χ1) is 17.9. The summed E-state index contributed by atoms with van der Waals surface area (Å²) in [5.74, 6) is -2.68. The Labute approximate surface area is 215 Å². The van der Waals surface area contributed by atoms with Gasteiger partial charge in [-0.1, -0.05) is 36.4 Å². The van der Waals surface area contributed by atoms with E-state index < -0.39 is 29.5 Å². The molecular weight excluding hydrogens is 507 g/mol. The molecule has 0 bridgehead atoms. The Morgan fingerprint density at radius 3 is 2.39 bits per heavy atom. The Hall–Kier alpha value is -4.19. The third-order valence-electron chi connectivity index (χ3n) is 6.38. The second-order valence-corrected chi connectivity index (χ2v) is 8.85. The van der Waals surface area contributed by atoms with E-state index in [9.17, 15) is 22.8 Å². The number of aromatic nitrogens is 1. The Morgan fingerprint density at radius 1 is 1.16 bits per heavy atom. The number of benzene rings is 2. The largest absolute Gasteiger partial charge is 0.490 e. The fourth-order valence-corrected chi connectivity index (χ4v) is 4.07. The van der Waals surface area contributed by atoms with E-state index in [1.54, 1.807) is 18.6 Å². The molecule has 4 rings (SSSR count). The van der Waals surface area contributed by atoms with Crippen molar-refractivity contribution in [1.29, 1.82) is 0 Å². The van der Waals surface area contributed by atoms with Gasteiger partial charge in [-0.05, 0) is 49.6 Å². The van der Waals surface area contributed by atoms with Gasteiger partial charge in [0.1, 0.15) is 18.4 Å². The second-order valence-electron chi connectivity index (χ2n) is 8.85. The molecule has 1 fully saturated rings. The van der Waals surface area contributed by atoms with Crippen LogP contribution in [0.5, 0.6) is 5.75 Å². The molecule has 2 aromatic carbocycles. The van der Waals surface area contributed by atoms with Gasteiger partial charge < -0.3 is 14.7 Å². The molecule has 3 aromatic rings. The minimum Gasteiger partial charge on any atom is -0.488 e. The number of hydrogen-bond donors (Lipinski definition) is 3. The summed E-state index contributed by atoms with van der Waals surface area (Å²) in [5, 5.41) is 17.0. The highest BCUT2D eigenvalue weighted by atomic mass is 19.4. The molecule has 38 heavy (non-hydrogen) atoms. The van der Waals surface area contributed by atoms with Gasteiger partial charge in [0.05, 0.1) is 10.9 Å². The number of carbonyl (C=O) groups excluding carboxylic acids is 2. The molecule has 0 radical (unpaired) electrons. The summed E-state index contributed by atoms with van der Waals surface area (Å²) in [7, 11) is 0. The van der Waals surface area contributed by atoms with Crippen LogP contribution in [-0.4, -0.2) is 56.7 Å². The highest BCUT2D eigenvalue weighted by molar-refractivity contribution is 5.94. The number of hydroxylamine groups is 1. The maximum absolute atomic E-state index is 13.0. The van der Waals surface area contributed by atoms with Crippen molar-refractivity contribution >= 4 is 28.7 Å². The number of nitrogens with zero attached hydrogens (tertiary/aromatic N) is 2. The van der Waals surface area contributed by atoms with Gasteiger partial charge in [-0.3, -0.25) is 19.8 Å². The average molecular weight is 534 g/mol. The van der Waals surface area contributed by atoms with Crippen molar-refractivity contribution in [3.05, 3.63) is 71.9 Å². The van der Waals surface area contributed by atoms with E-state index in [1.165, 1.54) is 4.90 Å². The molecule has 2 heterocycles. The number of aliphatic carboxylic acids is 1. The molecule has 1 aromatic heterocycles. The third-order valence-corrected chi connectivity index (χ3v) is 6.38. The molecule has 2 atom stereocenters. The number of halogens is 3. The molecular formula is C26H26F3N3O6. The zero-order valence-electron chi connectivity index (χ0n) is 20.5. The number of pyridine rings is 1. The Bertz CT molecular complexity index is 1310. The Balaban J connectivity index is 0.000000505. The molecule has 2 unspecified atom stereocenters. The van der Waals surface area contributed by atoms with E-state index in [4.69, 9.17) is 19.8 Å². The van der Waals surface area contributed by atoms with Gasteiger partial charge in [-0.15, -0.1) is 0 Å². The monoisotopic (exact) mass is 533 g/mol. The lowest BCUT2D eigenvalue weighted by molar-refractivity contribution is -0.192. The molecule has 0 spiro atoms. The van der Waals surface area contributed by atoms with Crippen molar-refractivity contribution in [3.63, 3.8) is 0 Å². The Morgan fingerprint density at radius 2 is 1.79 bits per heavy atom. The molecule has 1 aliphatic heterocycles. The van der Waals surface area contributed by atoms with Crippen molar-refractivity contribution in [2.24, 2.45) is 0 Å². The second kappa shape index (κ2) is 11.5. The minimum atomic E-state index is -5.08. The zero-order valence-corrected chi connectivity index (χ0v) is 20.5. The predicted molar refractivity (Wildman–Crippen MR) is 129 cm³/mol. The molecule has 0 aliphatic carbocycles. The quantitative estimate of drug-likeness (QED) is 0.324. The summed E-state index contributed by atoms with van der Waals surface area (Å²) >= 11 is 0. The van der Waals surface area contributed by atoms with Crippen LogP contribution in [0.1, 0.15) is 31.4 Å². The van der Waals surface area contributed by atoms with Crippen LogP contribution in [0.2, 0.25) is 0 Å². The van der Waals surface area contributed by atoms with E-state index in [-0.39, 0.29) is 5.91 Å². The van der Waals surface area contributed by atoms with Crippen LogP contribution in [0.25, 0.3) is 10.9 Å². The standard InChI is InChI=1S/C24H25N3O4.C2HF3O2/c1-16(22(28)26-30)27-14-12-24(2,23(27)29)18-9-7-17(8-10-18)15-31-21-11-13-25-20-6-4-3-5-19(20)21;3-2(4,5)1(6)7/h3-11,13,16,30H,12,14-15H2,1-2H3,(H,26,28);(H,6,7). The van der Waals surface area contributed by atoms with Crippen LogP contribution in [0.15, 0.2) is 60.8 Å². The smallest absolute Gasteiger partial charge is 0.488 e. The summed E-state index contributed by atoms with van der Waals surface area (Å²) in [6.07, 6.45) is -2.75. The topological polar surface area (TPSA) is 129 Å². The van der Waals surface area contributed by atoms with E-state index in [1.807, 2.05) is 61.5 Å². The molecule has 0 saturated carbocycles. The number of para-hydroxylation sites is 1. The number of fused-ring (bicyclic) bond motifs is 1. The summed E-state index contributed by atoms with van der Waals surface area (Å²) in [4.78, 5) is 39.5. The molecule has 3 N–H and O–H groups in total. The number of likely N-dealkylation sites (tertiary alicyclic amines) is 1. The molecule has 2 amide bonds. The van der Waals surface area contributed by atoms with Crippen molar-refractivity contribution in [2.75, 3.05) is 6.54 Å². The van der Waals surface area contributed by atoms with Gasteiger partial charge in [0.2, 0.25) is 5.91 Å². The summed E-state index contributed by atoms with van der Waals surface area (Å²) in [6, 6.07) is 16.8. The van der Waals surface area contributed by atoms with Crippen LogP contribution in [0.4, 0.5) is 13.2 Å². The van der Waals surface area contributed by atoms with Gasteiger partial charge in [0.25, 0.3) is 5.91 Å². The molecule has 12 heteroatoms. The SMILES string of the molecule is CC(C(=O)NO)N1CCC(C)(c2ccc(COc3ccnc4ccccc34)cc2)C1=O.O=C(O)C(F)(F)F. The average Bonchev–Trinajstić information content (AvgIpc) is 3.21. The molecule has 1 saturated heterocycles. The van der Waals surface area contributed by atoms with Crippen LogP contribution < -0.4 is 10.2 Å². The van der Waals surface area contributed by atoms with Crippen molar-refractivity contribution in [3.8, 4) is 5.75 Å². The number of carboxylic acid groups (broad SMARTS) is 1. The van der Waals surface area contributed by atoms with Crippen LogP contribution in [0.3, 0.4) is 0 Å². The van der Waals surface area contributed by atoms with Gasteiger partial charge in [0.15, 0.2) is 0 Å². The lowest BCUT2D eigenvalue weighted by atomic mass is 9.81. The minimum absolute atomic E-state index is 0.115. The van der Waals surface area contributed by atoms with Gasteiger partial charge in [-0.2, -0.15) is 13.2 Å². The summed E-state index contributed by atoms with van der Waals surface area (Å²) in [6.45, 7) is 4.37. The van der Waals surface area contributed by atoms with Crippen molar-refractivity contribution in [2.45, 2.75) is 44.5 Å². The van der Waals surface area contributed by atoms with Crippen molar-refractivity contribution in [1.82, 2.24) is 15.4 Å². The normalized spacial score (nSPS) is 17.9. The molecule has 202 valence electrons. The van der Waals surface area contributed by atoms with E-state index >= 15 is 0 Å². The first-order valence-electron chi connectivity index (χ1n) is 11.5.